The van der Waals surface area contributed by atoms with E-state index in [1.807, 2.05) is 72.8 Å². The first-order valence-corrected chi connectivity index (χ1v) is 20.0. The van der Waals surface area contributed by atoms with Gasteiger partial charge in [-0.2, -0.15) is 0 Å². The normalized spacial score (nSPS) is 11.8. The van der Waals surface area contributed by atoms with Crippen LogP contribution < -0.4 is 19.5 Å². The lowest BCUT2D eigenvalue weighted by Gasteiger charge is -2.13. The van der Waals surface area contributed by atoms with E-state index >= 15 is 0 Å². The zero-order chi connectivity index (χ0) is 39.6. The molecule has 0 radical (unpaired) electrons. The largest absolute Gasteiger partial charge is 0.494 e. The van der Waals surface area contributed by atoms with Crippen LogP contribution in [-0.2, 0) is 0 Å². The minimum atomic E-state index is 0.414. The van der Waals surface area contributed by atoms with Crippen molar-refractivity contribution in [2.45, 2.75) is 19.8 Å². The smallest absolute Gasteiger partial charge is 0.119 e. The molecule has 4 nitrogen and oxygen atoms in total. The van der Waals surface area contributed by atoms with Gasteiger partial charge in [-0.3, -0.25) is 0 Å². The average molecular weight is 760 g/mol. The van der Waals surface area contributed by atoms with Crippen LogP contribution in [0.1, 0.15) is 53.1 Å². The highest BCUT2D eigenvalue weighted by molar-refractivity contribution is 5.82. The summed E-state index contributed by atoms with van der Waals surface area (Å²) < 4.78 is 18.5. The second-order valence-corrected chi connectivity index (χ2v) is 13.8. The summed E-state index contributed by atoms with van der Waals surface area (Å²) in [4.78, 5) is 0. The minimum Gasteiger partial charge on any atom is -0.494 e. The molecular weight excluding hydrogens is 711 g/mol. The third kappa shape index (κ3) is 11.0. The Hall–Kier alpha value is -7.04. The predicted octanol–water partition coefficient (Wildman–Crippen LogP) is 13.4. The van der Waals surface area contributed by atoms with Gasteiger partial charge in [0.25, 0.3) is 0 Å². The minimum absolute atomic E-state index is 0.414. The number of rotatable bonds is 18. The molecule has 4 heteroatoms. The summed E-state index contributed by atoms with van der Waals surface area (Å²) in [5, 5.41) is 3.46. The van der Waals surface area contributed by atoms with Gasteiger partial charge in [-0.05, 0) is 112 Å². The zero-order valence-electron chi connectivity index (χ0n) is 33.0. The lowest BCUT2D eigenvalue weighted by Crippen LogP contribution is -1.99. The Kier molecular flexibility index (Phi) is 14.0. The Bertz CT molecular complexity index is 2370. The maximum Gasteiger partial charge on any atom is 0.119 e. The first kappa shape index (κ1) is 39.2. The quantitative estimate of drug-likeness (QED) is 0.0885. The lowest BCUT2D eigenvalue weighted by atomic mass is 9.97. The third-order valence-corrected chi connectivity index (χ3v) is 9.75. The van der Waals surface area contributed by atoms with Crippen molar-refractivity contribution in [1.82, 2.24) is 0 Å². The van der Waals surface area contributed by atoms with Crippen LogP contribution in [0.2, 0.25) is 0 Å². The van der Waals surface area contributed by atoms with Gasteiger partial charge in [-0.1, -0.05) is 159 Å². The van der Waals surface area contributed by atoms with E-state index in [-0.39, 0.29) is 0 Å². The molecule has 0 spiro atoms. The fourth-order valence-corrected chi connectivity index (χ4v) is 6.65. The number of anilines is 1. The Balaban J connectivity index is 1.03. The lowest BCUT2D eigenvalue weighted by molar-refractivity contribution is 0.309. The summed E-state index contributed by atoms with van der Waals surface area (Å²) in [7, 11) is 0. The molecule has 0 aliphatic carbocycles. The topological polar surface area (TPSA) is 39.7 Å². The van der Waals surface area contributed by atoms with Gasteiger partial charge in [0.1, 0.15) is 30.5 Å². The van der Waals surface area contributed by atoms with Gasteiger partial charge in [0.05, 0.1) is 6.61 Å². The van der Waals surface area contributed by atoms with Gasteiger partial charge in [0.15, 0.2) is 0 Å². The second-order valence-electron chi connectivity index (χ2n) is 13.8. The standard InChI is InChI=1S/C54H49NO3/c1-2-3-38-56-49-30-24-45(25-31-49)52(42-16-8-4-9-17-42)36-39-57-50-32-26-46(27-33-50)53(43-18-10-5-11-19-43)37-40-58-51-34-28-47(29-35-51)54(44-20-12-6-13-21-44)41-55-48-22-14-7-15-23-48/h4-37,41,55H,2-3,38-40H2,1H3/b52-36-,53-37-,54-41+. The molecule has 0 saturated heterocycles. The maximum absolute atomic E-state index is 6.30. The molecule has 288 valence electrons. The monoisotopic (exact) mass is 759 g/mol. The summed E-state index contributed by atoms with van der Waals surface area (Å²) in [6.45, 7) is 3.75. The van der Waals surface area contributed by atoms with E-state index in [0.717, 1.165) is 92.5 Å². The van der Waals surface area contributed by atoms with Gasteiger partial charge in [0, 0.05) is 17.5 Å². The van der Waals surface area contributed by atoms with Gasteiger partial charge in [-0.25, -0.2) is 0 Å². The number of nitrogens with one attached hydrogen (secondary N) is 1. The molecule has 1 N–H and O–H groups in total. The molecule has 0 aliphatic heterocycles. The van der Waals surface area contributed by atoms with Crippen LogP contribution in [0.3, 0.4) is 0 Å². The molecule has 0 amide bonds. The van der Waals surface area contributed by atoms with Gasteiger partial charge >= 0.3 is 0 Å². The van der Waals surface area contributed by atoms with Gasteiger partial charge in [0.2, 0.25) is 0 Å². The van der Waals surface area contributed by atoms with Crippen molar-refractivity contribution in [2.24, 2.45) is 0 Å². The van der Waals surface area contributed by atoms with E-state index in [4.69, 9.17) is 14.2 Å². The molecule has 58 heavy (non-hydrogen) atoms. The van der Waals surface area contributed by atoms with Crippen molar-refractivity contribution >= 4 is 22.4 Å². The fraction of sp³-hybridized carbons (Fsp3) is 0.111. The zero-order valence-corrected chi connectivity index (χ0v) is 33.0. The third-order valence-electron chi connectivity index (χ3n) is 9.75. The molecule has 7 aromatic rings. The predicted molar refractivity (Wildman–Crippen MR) is 241 cm³/mol. The van der Waals surface area contributed by atoms with Crippen LogP contribution in [-0.4, -0.2) is 19.8 Å². The Morgan fingerprint density at radius 2 is 0.741 bits per heavy atom. The Labute approximate surface area is 343 Å². The van der Waals surface area contributed by atoms with Crippen LogP contribution in [0.25, 0.3) is 16.7 Å². The van der Waals surface area contributed by atoms with Crippen LogP contribution in [0.15, 0.2) is 212 Å². The van der Waals surface area contributed by atoms with Crippen LogP contribution in [0, 0.1) is 0 Å². The maximum atomic E-state index is 6.30. The van der Waals surface area contributed by atoms with E-state index in [1.54, 1.807) is 0 Å². The summed E-state index contributed by atoms with van der Waals surface area (Å²) in [6.07, 6.45) is 8.52. The first-order valence-electron chi connectivity index (χ1n) is 20.0. The van der Waals surface area contributed by atoms with E-state index in [0.29, 0.717) is 13.2 Å². The van der Waals surface area contributed by atoms with E-state index in [1.165, 1.54) is 0 Å². The number of benzene rings is 7. The van der Waals surface area contributed by atoms with Crippen molar-refractivity contribution in [2.75, 3.05) is 25.1 Å². The Morgan fingerprint density at radius 1 is 0.397 bits per heavy atom. The molecule has 0 fully saturated rings. The van der Waals surface area contributed by atoms with E-state index in [2.05, 4.69) is 152 Å². The van der Waals surface area contributed by atoms with Crippen molar-refractivity contribution < 1.29 is 14.2 Å². The molecule has 0 atom stereocenters. The van der Waals surface area contributed by atoms with Crippen molar-refractivity contribution in [3.63, 3.8) is 0 Å². The van der Waals surface area contributed by atoms with Crippen molar-refractivity contribution in [1.29, 1.82) is 0 Å². The summed E-state index contributed by atoms with van der Waals surface area (Å²) in [5.74, 6) is 2.50. The number of ether oxygens (including phenoxy) is 3. The van der Waals surface area contributed by atoms with Crippen LogP contribution in [0.5, 0.6) is 17.2 Å². The van der Waals surface area contributed by atoms with Gasteiger partial charge in [-0.15, -0.1) is 0 Å². The number of hydrogen-bond acceptors (Lipinski definition) is 4. The Morgan fingerprint density at radius 3 is 1.16 bits per heavy atom. The number of hydrogen-bond donors (Lipinski definition) is 1. The highest BCUT2D eigenvalue weighted by Crippen LogP contribution is 2.29. The van der Waals surface area contributed by atoms with E-state index < -0.39 is 0 Å². The number of para-hydroxylation sites is 1. The molecule has 0 aliphatic rings. The SMILES string of the molecule is CCCCOc1ccc(/C(=C\COc2ccc(/C(=C\COc3ccc(/C(=C/Nc4ccccc4)c4ccccc4)cc3)c3ccccc3)cc2)c2ccccc2)cc1. The summed E-state index contributed by atoms with van der Waals surface area (Å²) in [5.41, 5.74) is 11.0. The molecule has 0 saturated carbocycles. The molecule has 0 aromatic heterocycles. The highest BCUT2D eigenvalue weighted by Gasteiger charge is 2.10. The molecule has 7 aromatic carbocycles. The van der Waals surface area contributed by atoms with Gasteiger partial charge < -0.3 is 19.5 Å². The first-order chi connectivity index (χ1) is 28.7. The summed E-state index contributed by atoms with van der Waals surface area (Å²) in [6, 6.07) is 66.4. The molecule has 0 unspecified atom stereocenters. The molecule has 0 bridgehead atoms. The van der Waals surface area contributed by atoms with Crippen molar-refractivity contribution in [3.05, 3.63) is 246 Å². The van der Waals surface area contributed by atoms with E-state index in [9.17, 15) is 0 Å². The van der Waals surface area contributed by atoms with Crippen molar-refractivity contribution in [3.8, 4) is 17.2 Å². The van der Waals surface area contributed by atoms with Crippen LogP contribution in [0.4, 0.5) is 5.69 Å². The highest BCUT2D eigenvalue weighted by atomic mass is 16.5. The molecule has 7 rings (SSSR count). The molecular formula is C54H49NO3. The fourth-order valence-electron chi connectivity index (χ4n) is 6.65. The second kappa shape index (κ2) is 20.8. The average Bonchev–Trinajstić information content (AvgIpc) is 3.29. The molecule has 0 heterocycles. The van der Waals surface area contributed by atoms with Crippen LogP contribution >= 0.6 is 0 Å². The summed E-state index contributed by atoms with van der Waals surface area (Å²) >= 11 is 0. The number of unbranched alkanes of at least 4 members (excludes halogenated alkanes) is 1.